The van der Waals surface area contributed by atoms with E-state index in [9.17, 15) is 14.0 Å². The zero-order chi connectivity index (χ0) is 19.4. The Morgan fingerprint density at radius 3 is 2.78 bits per heavy atom. The lowest BCUT2D eigenvalue weighted by molar-refractivity contribution is -0.148. The Hall–Kier alpha value is -2.44. The molecule has 0 bridgehead atoms. The molecule has 1 aliphatic carbocycles. The van der Waals surface area contributed by atoms with Crippen LogP contribution in [0.4, 0.5) is 14.9 Å². The maximum atomic E-state index is 14.4. The number of aliphatic imine (C=N–C) groups is 1. The van der Waals surface area contributed by atoms with E-state index in [-0.39, 0.29) is 5.56 Å². The quantitative estimate of drug-likeness (QED) is 0.605. The molecule has 0 aromatic heterocycles. The number of hydrogen-bond acceptors (Lipinski definition) is 4. The summed E-state index contributed by atoms with van der Waals surface area (Å²) in [6, 6.07) is 2.65. The third kappa shape index (κ3) is 4.46. The average Bonchev–Trinajstić information content (AvgIpc) is 2.68. The van der Waals surface area contributed by atoms with Crippen molar-refractivity contribution in [3.8, 4) is 0 Å². The number of anilines is 1. The number of urea groups is 1. The van der Waals surface area contributed by atoms with Gasteiger partial charge in [-0.05, 0) is 43.4 Å². The number of hydrogen-bond donors (Lipinski definition) is 2. The van der Waals surface area contributed by atoms with E-state index >= 15 is 0 Å². The molecule has 1 aromatic rings. The molecule has 3 N–H and O–H groups in total. The van der Waals surface area contributed by atoms with Crippen molar-refractivity contribution in [2.75, 3.05) is 12.3 Å². The molecular weight excluding hydrogens is 349 g/mol. The molecule has 2 aliphatic rings. The second-order valence-electron chi connectivity index (χ2n) is 7.28. The Kier molecular flexibility index (Phi) is 6.08. The largest absolute Gasteiger partial charge is 0.465 e. The monoisotopic (exact) mass is 375 g/mol. The van der Waals surface area contributed by atoms with Crippen LogP contribution < -0.4 is 11.1 Å². The first-order valence-electron chi connectivity index (χ1n) is 9.59. The van der Waals surface area contributed by atoms with Gasteiger partial charge in [-0.1, -0.05) is 26.2 Å². The van der Waals surface area contributed by atoms with E-state index in [2.05, 4.69) is 10.3 Å². The van der Waals surface area contributed by atoms with Crippen LogP contribution in [0.25, 0.3) is 0 Å². The Morgan fingerprint density at radius 1 is 1.33 bits per heavy atom. The first-order valence-corrected chi connectivity index (χ1v) is 9.59. The van der Waals surface area contributed by atoms with Gasteiger partial charge < -0.3 is 15.8 Å². The molecular formula is C20H26FN3O3. The second kappa shape index (κ2) is 8.50. The number of ether oxygens (including phenoxy) is 1. The fourth-order valence-corrected chi connectivity index (χ4v) is 3.91. The van der Waals surface area contributed by atoms with Crippen LogP contribution in [0.15, 0.2) is 23.2 Å². The van der Waals surface area contributed by atoms with E-state index in [0.717, 1.165) is 25.7 Å². The molecule has 1 aromatic carbocycles. The zero-order valence-electron chi connectivity index (χ0n) is 15.5. The molecule has 2 atom stereocenters. The van der Waals surface area contributed by atoms with Gasteiger partial charge in [0.15, 0.2) is 0 Å². The molecule has 1 fully saturated rings. The van der Waals surface area contributed by atoms with Crippen LogP contribution in [-0.4, -0.2) is 24.3 Å². The van der Waals surface area contributed by atoms with Crippen molar-refractivity contribution < 1.29 is 18.7 Å². The van der Waals surface area contributed by atoms with Gasteiger partial charge in [0.2, 0.25) is 0 Å². The number of amides is 2. The lowest BCUT2D eigenvalue weighted by Gasteiger charge is -2.31. The van der Waals surface area contributed by atoms with Gasteiger partial charge in [0.25, 0.3) is 0 Å². The number of nitrogens with two attached hydrogens (primary N) is 1. The molecule has 0 spiro atoms. The molecule has 0 saturated heterocycles. The van der Waals surface area contributed by atoms with Crippen molar-refractivity contribution in [2.45, 2.75) is 51.5 Å². The molecule has 27 heavy (non-hydrogen) atoms. The fraction of sp³-hybridized carbons (Fsp3) is 0.550. The van der Waals surface area contributed by atoms with Gasteiger partial charge in [0, 0.05) is 17.0 Å². The maximum absolute atomic E-state index is 14.4. The molecule has 1 heterocycles. The number of halogens is 1. The van der Waals surface area contributed by atoms with E-state index in [0.29, 0.717) is 30.3 Å². The van der Waals surface area contributed by atoms with E-state index < -0.39 is 29.8 Å². The molecule has 2 amide bonds. The summed E-state index contributed by atoms with van der Waals surface area (Å²) in [7, 11) is 0. The Labute approximate surface area is 158 Å². The Balaban J connectivity index is 1.84. The standard InChI is InChI=1S/C20H26FN3O3/c1-2-16-17(19(25)27-11-12-6-4-3-5-7-12)18(24-20(26)23-16)14-10-13(22)8-9-15(14)21/h8-10,12,17-18H,2-7,11,22H2,1H3,(H,24,26). The second-order valence-corrected chi connectivity index (χ2v) is 7.28. The molecule has 1 saturated carbocycles. The number of carbonyl (C=O) groups excluding carboxylic acids is 2. The first-order chi connectivity index (χ1) is 13.0. The number of rotatable bonds is 5. The summed E-state index contributed by atoms with van der Waals surface area (Å²) in [6.45, 7) is 2.16. The SMILES string of the molecule is CCC1=NC(=O)NC(c2cc(N)ccc2F)C1C(=O)OCC1CCCCC1. The van der Waals surface area contributed by atoms with E-state index in [1.165, 1.54) is 24.6 Å². The Morgan fingerprint density at radius 2 is 2.07 bits per heavy atom. The van der Waals surface area contributed by atoms with Gasteiger partial charge in [-0.2, -0.15) is 0 Å². The lowest BCUT2D eigenvalue weighted by Crippen LogP contribution is -2.45. The topological polar surface area (TPSA) is 93.8 Å². The van der Waals surface area contributed by atoms with Crippen LogP contribution >= 0.6 is 0 Å². The first kappa shape index (κ1) is 19.3. The number of nitrogen functional groups attached to an aromatic ring is 1. The summed E-state index contributed by atoms with van der Waals surface area (Å²) in [5.74, 6) is -1.50. The van der Waals surface area contributed by atoms with Gasteiger partial charge >= 0.3 is 12.0 Å². The summed E-state index contributed by atoms with van der Waals surface area (Å²) in [5, 5.41) is 2.61. The number of esters is 1. The smallest absolute Gasteiger partial charge is 0.341 e. The molecule has 7 heteroatoms. The highest BCUT2D eigenvalue weighted by Gasteiger charge is 2.40. The van der Waals surface area contributed by atoms with Gasteiger partial charge in [-0.25, -0.2) is 14.2 Å². The van der Waals surface area contributed by atoms with Crippen molar-refractivity contribution in [1.29, 1.82) is 0 Å². The molecule has 3 rings (SSSR count). The minimum absolute atomic E-state index is 0.170. The molecule has 0 radical (unpaired) electrons. The van der Waals surface area contributed by atoms with Crippen LogP contribution in [0.2, 0.25) is 0 Å². The normalized spacial score (nSPS) is 23.5. The van der Waals surface area contributed by atoms with Gasteiger partial charge in [0.1, 0.15) is 11.7 Å². The third-order valence-electron chi connectivity index (χ3n) is 5.37. The predicted molar refractivity (Wildman–Crippen MR) is 101 cm³/mol. The third-order valence-corrected chi connectivity index (χ3v) is 5.37. The highest BCUT2D eigenvalue weighted by atomic mass is 19.1. The molecule has 2 unspecified atom stereocenters. The summed E-state index contributed by atoms with van der Waals surface area (Å²) in [5.41, 5.74) is 6.72. The summed E-state index contributed by atoms with van der Waals surface area (Å²) in [4.78, 5) is 28.8. The molecule has 146 valence electrons. The minimum Gasteiger partial charge on any atom is -0.465 e. The average molecular weight is 375 g/mol. The van der Waals surface area contributed by atoms with Crippen molar-refractivity contribution in [3.63, 3.8) is 0 Å². The number of nitrogens with one attached hydrogen (secondary N) is 1. The fourth-order valence-electron chi connectivity index (χ4n) is 3.91. The number of nitrogens with zero attached hydrogens (tertiary/aromatic N) is 1. The van der Waals surface area contributed by atoms with Crippen molar-refractivity contribution in [1.82, 2.24) is 5.32 Å². The van der Waals surface area contributed by atoms with Gasteiger partial charge in [0.05, 0.1) is 12.6 Å². The van der Waals surface area contributed by atoms with Crippen LogP contribution in [0.1, 0.15) is 57.1 Å². The number of benzene rings is 1. The summed E-state index contributed by atoms with van der Waals surface area (Å²) in [6.07, 6.45) is 6.04. The van der Waals surface area contributed by atoms with Crippen molar-refractivity contribution in [2.24, 2.45) is 16.8 Å². The van der Waals surface area contributed by atoms with E-state index in [4.69, 9.17) is 10.5 Å². The minimum atomic E-state index is -0.882. The lowest BCUT2D eigenvalue weighted by atomic mass is 9.86. The zero-order valence-corrected chi connectivity index (χ0v) is 15.5. The van der Waals surface area contributed by atoms with Crippen LogP contribution in [0, 0.1) is 17.7 Å². The predicted octanol–water partition coefficient (Wildman–Crippen LogP) is 3.76. The number of carbonyl (C=O) groups is 2. The summed E-state index contributed by atoms with van der Waals surface area (Å²) < 4.78 is 20.0. The van der Waals surface area contributed by atoms with E-state index in [1.807, 2.05) is 6.92 Å². The highest BCUT2D eigenvalue weighted by Crippen LogP contribution is 2.32. The Bertz CT molecular complexity index is 744. The molecule has 1 aliphatic heterocycles. The van der Waals surface area contributed by atoms with Crippen LogP contribution in [0.5, 0.6) is 0 Å². The van der Waals surface area contributed by atoms with E-state index in [1.54, 1.807) is 0 Å². The van der Waals surface area contributed by atoms with Crippen molar-refractivity contribution in [3.05, 3.63) is 29.6 Å². The highest BCUT2D eigenvalue weighted by molar-refractivity contribution is 6.09. The van der Waals surface area contributed by atoms with Crippen molar-refractivity contribution >= 4 is 23.4 Å². The van der Waals surface area contributed by atoms with Crippen LogP contribution in [0.3, 0.4) is 0 Å². The van der Waals surface area contributed by atoms with Crippen LogP contribution in [-0.2, 0) is 9.53 Å². The molecule has 6 nitrogen and oxygen atoms in total. The van der Waals surface area contributed by atoms with Gasteiger partial charge in [-0.15, -0.1) is 0 Å². The summed E-state index contributed by atoms with van der Waals surface area (Å²) >= 11 is 0. The van der Waals surface area contributed by atoms with Gasteiger partial charge in [-0.3, -0.25) is 4.79 Å². The maximum Gasteiger partial charge on any atom is 0.341 e.